The van der Waals surface area contributed by atoms with Crippen LogP contribution in [0.3, 0.4) is 0 Å². The summed E-state index contributed by atoms with van der Waals surface area (Å²) in [6, 6.07) is -0.524. The molecule has 0 aliphatic rings. The van der Waals surface area contributed by atoms with Crippen molar-refractivity contribution in [3.8, 4) is 0 Å². The van der Waals surface area contributed by atoms with Crippen LogP contribution in [-0.2, 0) is 4.79 Å². The molecule has 0 saturated carbocycles. The lowest BCUT2D eigenvalue weighted by atomic mass is 10.2. The van der Waals surface area contributed by atoms with Gasteiger partial charge in [0, 0.05) is 6.54 Å². The summed E-state index contributed by atoms with van der Waals surface area (Å²) in [5, 5.41) is 19.9. The van der Waals surface area contributed by atoms with Crippen LogP contribution in [0, 0.1) is 0 Å². The van der Waals surface area contributed by atoms with Crippen molar-refractivity contribution in [3.63, 3.8) is 0 Å². The Bertz CT molecular complexity index is 124. The van der Waals surface area contributed by atoms with Crippen LogP contribution in [0.25, 0.3) is 0 Å². The van der Waals surface area contributed by atoms with E-state index in [1.807, 2.05) is 6.26 Å². The van der Waals surface area contributed by atoms with Gasteiger partial charge in [-0.3, -0.25) is 4.79 Å². The van der Waals surface area contributed by atoms with E-state index >= 15 is 0 Å². The number of aliphatic hydroxyl groups is 1. The largest absolute Gasteiger partial charge is 0.480 e. The second-order valence-electron chi connectivity index (χ2n) is 2.35. The predicted molar refractivity (Wildman–Crippen MR) is 49.5 cm³/mol. The summed E-state index contributed by atoms with van der Waals surface area (Å²) in [4.78, 5) is 10.6. The molecule has 0 amide bonds. The average molecular weight is 193 g/mol. The molecule has 0 heterocycles. The van der Waals surface area contributed by atoms with E-state index in [0.29, 0.717) is 13.0 Å². The lowest BCUT2D eigenvalue weighted by Gasteiger charge is -2.12. The van der Waals surface area contributed by atoms with Crippen molar-refractivity contribution in [1.29, 1.82) is 0 Å². The molecule has 0 aromatic rings. The highest BCUT2D eigenvalue weighted by molar-refractivity contribution is 7.98. The quantitative estimate of drug-likeness (QED) is 0.521. The first kappa shape index (κ1) is 11.7. The molecule has 0 radical (unpaired) electrons. The summed E-state index contributed by atoms with van der Waals surface area (Å²) in [5.74, 6) is -0.0347. The Hall–Kier alpha value is -0.260. The van der Waals surface area contributed by atoms with Gasteiger partial charge in [-0.25, -0.2) is 0 Å². The van der Waals surface area contributed by atoms with Gasteiger partial charge in [0.1, 0.15) is 6.04 Å². The van der Waals surface area contributed by atoms with Gasteiger partial charge in [-0.05, 0) is 18.4 Å². The fourth-order valence-corrected chi connectivity index (χ4v) is 1.26. The molecule has 0 aliphatic carbocycles. The number of carbonyl (C=O) groups is 1. The Balaban J connectivity index is 3.62. The number of hydrogen-bond donors (Lipinski definition) is 3. The van der Waals surface area contributed by atoms with Crippen LogP contribution in [0.4, 0.5) is 0 Å². The Kier molecular flexibility index (Phi) is 7.23. The highest BCUT2D eigenvalue weighted by Crippen LogP contribution is 2.00. The number of aliphatic hydroxyl groups excluding tert-OH is 1. The molecule has 72 valence electrons. The Morgan fingerprint density at radius 2 is 2.33 bits per heavy atom. The van der Waals surface area contributed by atoms with Gasteiger partial charge in [0.15, 0.2) is 0 Å². The lowest BCUT2D eigenvalue weighted by molar-refractivity contribution is -0.139. The number of thioether (sulfide) groups is 1. The van der Waals surface area contributed by atoms with Gasteiger partial charge in [0.05, 0.1) is 6.61 Å². The van der Waals surface area contributed by atoms with Gasteiger partial charge in [-0.2, -0.15) is 11.8 Å². The van der Waals surface area contributed by atoms with Crippen LogP contribution in [0.5, 0.6) is 0 Å². The van der Waals surface area contributed by atoms with Crippen LogP contribution in [0.15, 0.2) is 0 Å². The molecule has 3 N–H and O–H groups in total. The standard InChI is InChI=1S/C7H15NO3S/c1-12-5-2-6(7(10)11)8-3-4-9/h6,8-9H,2-5H2,1H3,(H,10,11)/t6-/m0/s1. The van der Waals surface area contributed by atoms with E-state index in [1.165, 1.54) is 0 Å². The van der Waals surface area contributed by atoms with Crippen molar-refractivity contribution in [2.45, 2.75) is 12.5 Å². The molecule has 5 heteroatoms. The zero-order chi connectivity index (χ0) is 9.40. The second-order valence-corrected chi connectivity index (χ2v) is 3.34. The number of carboxylic acid groups (broad SMARTS) is 1. The van der Waals surface area contributed by atoms with E-state index in [0.717, 1.165) is 5.75 Å². The minimum absolute atomic E-state index is 0.0248. The summed E-state index contributed by atoms with van der Waals surface area (Å²) in [6.07, 6.45) is 2.53. The fourth-order valence-electron chi connectivity index (χ4n) is 0.787. The molecule has 0 unspecified atom stereocenters. The minimum atomic E-state index is -0.850. The summed E-state index contributed by atoms with van der Waals surface area (Å²) < 4.78 is 0. The van der Waals surface area contributed by atoms with Gasteiger partial charge in [-0.1, -0.05) is 0 Å². The molecule has 0 rings (SSSR count). The molecule has 4 nitrogen and oxygen atoms in total. The van der Waals surface area contributed by atoms with Gasteiger partial charge in [-0.15, -0.1) is 0 Å². The van der Waals surface area contributed by atoms with E-state index in [2.05, 4.69) is 5.32 Å². The van der Waals surface area contributed by atoms with Gasteiger partial charge in [0.2, 0.25) is 0 Å². The highest BCUT2D eigenvalue weighted by atomic mass is 32.2. The lowest BCUT2D eigenvalue weighted by Crippen LogP contribution is -2.38. The van der Waals surface area contributed by atoms with Crippen LogP contribution >= 0.6 is 11.8 Å². The van der Waals surface area contributed by atoms with Gasteiger partial charge < -0.3 is 15.5 Å². The first-order valence-electron chi connectivity index (χ1n) is 3.78. The van der Waals surface area contributed by atoms with E-state index < -0.39 is 12.0 Å². The normalized spacial score (nSPS) is 12.8. The van der Waals surface area contributed by atoms with Crippen molar-refractivity contribution in [3.05, 3.63) is 0 Å². The van der Waals surface area contributed by atoms with Gasteiger partial charge >= 0.3 is 5.97 Å². The molecular formula is C7H15NO3S. The van der Waals surface area contributed by atoms with E-state index in [1.54, 1.807) is 11.8 Å². The first-order chi connectivity index (χ1) is 5.72. The molecule has 12 heavy (non-hydrogen) atoms. The number of hydrogen-bond acceptors (Lipinski definition) is 4. The monoisotopic (exact) mass is 193 g/mol. The zero-order valence-corrected chi connectivity index (χ0v) is 7.93. The number of carboxylic acids is 1. The predicted octanol–water partition coefficient (Wildman–Crippen LogP) is -0.225. The van der Waals surface area contributed by atoms with E-state index in [-0.39, 0.29) is 6.61 Å². The second kappa shape index (κ2) is 7.39. The van der Waals surface area contributed by atoms with Crippen molar-refractivity contribution in [1.82, 2.24) is 5.32 Å². The number of rotatable bonds is 7. The molecule has 1 atom stereocenters. The topological polar surface area (TPSA) is 69.6 Å². The molecule has 0 aliphatic heterocycles. The highest BCUT2D eigenvalue weighted by Gasteiger charge is 2.14. The SMILES string of the molecule is CSCC[C@H](NCCO)C(=O)O. The van der Waals surface area contributed by atoms with Crippen molar-refractivity contribution < 1.29 is 15.0 Å². The zero-order valence-electron chi connectivity index (χ0n) is 7.12. The fraction of sp³-hybridized carbons (Fsp3) is 0.857. The first-order valence-corrected chi connectivity index (χ1v) is 5.17. The van der Waals surface area contributed by atoms with E-state index in [4.69, 9.17) is 10.2 Å². The molecule has 0 aromatic heterocycles. The summed E-state index contributed by atoms with van der Waals surface area (Å²) >= 11 is 1.61. The van der Waals surface area contributed by atoms with Crippen molar-refractivity contribution in [2.24, 2.45) is 0 Å². The van der Waals surface area contributed by atoms with Gasteiger partial charge in [0.25, 0.3) is 0 Å². The third-order valence-corrected chi connectivity index (χ3v) is 2.06. The molecule has 0 bridgehead atoms. The maximum atomic E-state index is 10.6. The maximum absolute atomic E-state index is 10.6. The Labute approximate surface area is 76.4 Å². The van der Waals surface area contributed by atoms with E-state index in [9.17, 15) is 4.79 Å². The molecule has 0 spiro atoms. The molecule has 0 saturated heterocycles. The summed E-state index contributed by atoms with van der Waals surface area (Å²) in [5.41, 5.74) is 0. The third kappa shape index (κ3) is 5.40. The summed E-state index contributed by atoms with van der Waals surface area (Å²) in [7, 11) is 0. The maximum Gasteiger partial charge on any atom is 0.320 e. The van der Waals surface area contributed by atoms with Crippen LogP contribution in [0.2, 0.25) is 0 Å². The minimum Gasteiger partial charge on any atom is -0.480 e. The average Bonchev–Trinajstić information content (AvgIpc) is 2.04. The Morgan fingerprint density at radius 1 is 1.67 bits per heavy atom. The third-order valence-electron chi connectivity index (χ3n) is 1.41. The number of aliphatic carboxylic acids is 1. The van der Waals surface area contributed by atoms with Crippen molar-refractivity contribution in [2.75, 3.05) is 25.2 Å². The van der Waals surface area contributed by atoms with Crippen molar-refractivity contribution >= 4 is 17.7 Å². The smallest absolute Gasteiger partial charge is 0.320 e. The number of nitrogens with one attached hydrogen (secondary N) is 1. The Morgan fingerprint density at radius 3 is 2.75 bits per heavy atom. The summed E-state index contributed by atoms with van der Waals surface area (Å²) in [6.45, 7) is 0.314. The van der Waals surface area contributed by atoms with Crippen LogP contribution < -0.4 is 5.32 Å². The van der Waals surface area contributed by atoms with Crippen LogP contribution in [0.1, 0.15) is 6.42 Å². The molecule has 0 aromatic carbocycles. The van der Waals surface area contributed by atoms with Crippen LogP contribution in [-0.4, -0.2) is 47.4 Å². The molecular weight excluding hydrogens is 178 g/mol. The molecule has 0 fully saturated rings.